The third kappa shape index (κ3) is 4.58. The highest BCUT2D eigenvalue weighted by atomic mass is 16.4. The van der Waals surface area contributed by atoms with Crippen LogP contribution in [0.1, 0.15) is 6.42 Å². The van der Waals surface area contributed by atoms with E-state index in [0.717, 1.165) is 0 Å². The van der Waals surface area contributed by atoms with Crippen molar-refractivity contribution in [1.29, 1.82) is 0 Å². The highest BCUT2D eigenvalue weighted by molar-refractivity contribution is 5.82. The normalized spacial score (nSPS) is 14.1. The predicted octanol–water partition coefficient (Wildman–Crippen LogP) is -1.55. The molecule has 0 aromatic rings. The molecule has 0 radical (unpaired) electrons. The number of carbonyl (C=O) groups is 2. The summed E-state index contributed by atoms with van der Waals surface area (Å²) in [5.74, 6) is -1.90. The van der Waals surface area contributed by atoms with E-state index in [9.17, 15) is 9.59 Å². The second kappa shape index (κ2) is 6.11. The number of hydrogen-bond acceptors (Lipinski definition) is 4. The zero-order valence-electron chi connectivity index (χ0n) is 7.64. The van der Waals surface area contributed by atoms with Gasteiger partial charge in [0, 0.05) is 0 Å². The summed E-state index contributed by atoms with van der Waals surface area (Å²) in [4.78, 5) is 21.2. The maximum Gasteiger partial charge on any atom is 0.334 e. The Labute approximate surface area is 81.4 Å². The van der Waals surface area contributed by atoms with Crippen LogP contribution in [0.2, 0.25) is 0 Å². The number of carboxylic acids is 1. The highest BCUT2D eigenvalue weighted by Crippen LogP contribution is 1.89. The summed E-state index contributed by atoms with van der Waals surface area (Å²) in [6, 6.07) is -0.756. The maximum atomic E-state index is 11.1. The van der Waals surface area contributed by atoms with E-state index in [1.807, 2.05) is 0 Å². The van der Waals surface area contributed by atoms with Crippen LogP contribution in [0.5, 0.6) is 0 Å². The molecule has 6 heteroatoms. The zero-order valence-corrected chi connectivity index (χ0v) is 7.64. The fourth-order valence-electron chi connectivity index (χ4n) is 0.702. The molecule has 0 bridgehead atoms. The van der Waals surface area contributed by atoms with Crippen molar-refractivity contribution in [3.63, 3.8) is 0 Å². The molecule has 2 atom stereocenters. The molecular formula is C8H14N2O4. The van der Waals surface area contributed by atoms with Crippen molar-refractivity contribution in [2.24, 2.45) is 5.73 Å². The number of amides is 1. The molecule has 0 aliphatic heterocycles. The summed E-state index contributed by atoms with van der Waals surface area (Å²) in [5, 5.41) is 19.3. The van der Waals surface area contributed by atoms with Gasteiger partial charge in [0.25, 0.3) is 0 Å². The molecule has 0 heterocycles. The monoisotopic (exact) mass is 202 g/mol. The first kappa shape index (κ1) is 12.6. The van der Waals surface area contributed by atoms with Gasteiger partial charge in [-0.2, -0.15) is 0 Å². The van der Waals surface area contributed by atoms with E-state index in [2.05, 4.69) is 11.9 Å². The third-order valence-corrected chi connectivity index (χ3v) is 1.51. The molecule has 6 nitrogen and oxygen atoms in total. The molecule has 0 aliphatic carbocycles. The Morgan fingerprint density at radius 1 is 1.57 bits per heavy atom. The number of aliphatic hydroxyl groups is 1. The van der Waals surface area contributed by atoms with Gasteiger partial charge in [0.15, 0.2) is 6.10 Å². The standard InChI is InChI=1S/C8H14N2O4/c1-2-3-5(9)7(12)10-4-6(11)8(13)14/h2,5-6,11H,1,3-4,9H2,(H,10,12)(H,13,14). The maximum absolute atomic E-state index is 11.1. The van der Waals surface area contributed by atoms with E-state index in [1.54, 1.807) is 0 Å². The van der Waals surface area contributed by atoms with Crippen LogP contribution in [0.15, 0.2) is 12.7 Å². The smallest absolute Gasteiger partial charge is 0.334 e. The van der Waals surface area contributed by atoms with Gasteiger partial charge in [-0.1, -0.05) is 6.08 Å². The Kier molecular flexibility index (Phi) is 5.50. The largest absolute Gasteiger partial charge is 0.479 e. The van der Waals surface area contributed by atoms with Crippen molar-refractivity contribution in [2.45, 2.75) is 18.6 Å². The Morgan fingerprint density at radius 3 is 2.57 bits per heavy atom. The van der Waals surface area contributed by atoms with Crippen molar-refractivity contribution in [2.75, 3.05) is 6.54 Å². The molecule has 0 aliphatic rings. The molecule has 2 unspecified atom stereocenters. The van der Waals surface area contributed by atoms with Crippen LogP contribution in [0.4, 0.5) is 0 Å². The lowest BCUT2D eigenvalue weighted by molar-refractivity contribution is -0.146. The fourth-order valence-corrected chi connectivity index (χ4v) is 0.702. The molecule has 1 amide bonds. The number of hydrogen-bond donors (Lipinski definition) is 4. The number of nitrogens with one attached hydrogen (secondary N) is 1. The van der Waals surface area contributed by atoms with Gasteiger partial charge in [-0.3, -0.25) is 4.79 Å². The second-order valence-electron chi connectivity index (χ2n) is 2.73. The van der Waals surface area contributed by atoms with Crippen LogP contribution in [0.3, 0.4) is 0 Å². The van der Waals surface area contributed by atoms with Crippen LogP contribution in [0.25, 0.3) is 0 Å². The number of aliphatic carboxylic acids is 1. The fraction of sp³-hybridized carbons (Fsp3) is 0.500. The predicted molar refractivity (Wildman–Crippen MR) is 49.4 cm³/mol. The van der Waals surface area contributed by atoms with Crippen molar-refractivity contribution in [1.82, 2.24) is 5.32 Å². The molecule has 0 saturated heterocycles. The number of rotatable bonds is 6. The van der Waals surface area contributed by atoms with Gasteiger partial charge in [0.1, 0.15) is 0 Å². The highest BCUT2D eigenvalue weighted by Gasteiger charge is 2.16. The molecule has 80 valence electrons. The Morgan fingerprint density at radius 2 is 2.14 bits per heavy atom. The lowest BCUT2D eigenvalue weighted by atomic mass is 10.2. The molecule has 5 N–H and O–H groups in total. The first-order valence-electron chi connectivity index (χ1n) is 4.04. The Bertz CT molecular complexity index is 229. The van der Waals surface area contributed by atoms with Gasteiger partial charge in [0.2, 0.25) is 5.91 Å². The zero-order chi connectivity index (χ0) is 11.1. The first-order valence-corrected chi connectivity index (χ1v) is 4.04. The van der Waals surface area contributed by atoms with Crippen LogP contribution >= 0.6 is 0 Å². The van der Waals surface area contributed by atoms with E-state index in [0.29, 0.717) is 6.42 Å². The molecule has 14 heavy (non-hydrogen) atoms. The minimum Gasteiger partial charge on any atom is -0.479 e. The van der Waals surface area contributed by atoms with Crippen molar-refractivity contribution < 1.29 is 19.8 Å². The molecule has 0 rings (SSSR count). The quantitative estimate of drug-likeness (QED) is 0.389. The van der Waals surface area contributed by atoms with Gasteiger partial charge < -0.3 is 21.3 Å². The van der Waals surface area contributed by atoms with E-state index in [-0.39, 0.29) is 6.54 Å². The molecule has 0 fully saturated rings. The van der Waals surface area contributed by atoms with Crippen molar-refractivity contribution in [3.05, 3.63) is 12.7 Å². The third-order valence-electron chi connectivity index (χ3n) is 1.51. The summed E-state index contributed by atoms with van der Waals surface area (Å²) in [6.07, 6.45) is 0.183. The molecule has 0 saturated carbocycles. The van der Waals surface area contributed by atoms with Gasteiger partial charge in [-0.25, -0.2) is 4.79 Å². The van der Waals surface area contributed by atoms with Crippen LogP contribution in [-0.2, 0) is 9.59 Å². The topological polar surface area (TPSA) is 113 Å². The van der Waals surface area contributed by atoms with E-state index in [4.69, 9.17) is 15.9 Å². The molecule has 0 aromatic heterocycles. The average molecular weight is 202 g/mol. The van der Waals surface area contributed by atoms with Gasteiger partial charge in [-0.05, 0) is 6.42 Å². The van der Waals surface area contributed by atoms with Gasteiger partial charge >= 0.3 is 5.97 Å². The summed E-state index contributed by atoms with van der Waals surface area (Å²) in [7, 11) is 0. The van der Waals surface area contributed by atoms with Crippen molar-refractivity contribution in [3.8, 4) is 0 Å². The second-order valence-corrected chi connectivity index (χ2v) is 2.73. The molecule has 0 aromatic carbocycles. The Balaban J connectivity index is 3.84. The Hall–Kier alpha value is -1.40. The van der Waals surface area contributed by atoms with Gasteiger partial charge in [0.05, 0.1) is 12.6 Å². The van der Waals surface area contributed by atoms with Gasteiger partial charge in [-0.15, -0.1) is 6.58 Å². The first-order chi connectivity index (χ1) is 6.49. The summed E-state index contributed by atoms with van der Waals surface area (Å²) in [6.45, 7) is 3.05. The van der Waals surface area contributed by atoms with E-state index >= 15 is 0 Å². The summed E-state index contributed by atoms with van der Waals surface area (Å²) < 4.78 is 0. The van der Waals surface area contributed by atoms with Crippen molar-refractivity contribution >= 4 is 11.9 Å². The number of aliphatic hydroxyl groups excluding tert-OH is 1. The van der Waals surface area contributed by atoms with Crippen LogP contribution in [0, 0.1) is 0 Å². The number of nitrogens with two attached hydrogens (primary N) is 1. The van der Waals surface area contributed by atoms with Crippen LogP contribution < -0.4 is 11.1 Å². The lowest BCUT2D eigenvalue weighted by Gasteiger charge is -2.11. The van der Waals surface area contributed by atoms with E-state index in [1.165, 1.54) is 6.08 Å². The SMILES string of the molecule is C=CCC(N)C(=O)NCC(O)C(=O)O. The lowest BCUT2D eigenvalue weighted by Crippen LogP contribution is -2.44. The number of carboxylic acid groups (broad SMARTS) is 1. The molecular weight excluding hydrogens is 188 g/mol. The average Bonchev–Trinajstić information content (AvgIpc) is 2.13. The van der Waals surface area contributed by atoms with Crippen LogP contribution in [-0.4, -0.2) is 40.8 Å². The summed E-state index contributed by atoms with van der Waals surface area (Å²) >= 11 is 0. The van der Waals surface area contributed by atoms with E-state index < -0.39 is 24.0 Å². The minimum absolute atomic E-state index is 0.301. The summed E-state index contributed by atoms with van der Waals surface area (Å²) in [5.41, 5.74) is 5.38. The number of carbonyl (C=O) groups excluding carboxylic acids is 1. The minimum atomic E-state index is -1.60. The molecule has 0 spiro atoms.